The lowest BCUT2D eigenvalue weighted by molar-refractivity contribution is 0.102. The van der Waals surface area contributed by atoms with E-state index in [0.29, 0.717) is 25.6 Å². The van der Waals surface area contributed by atoms with Crippen molar-refractivity contribution in [3.05, 3.63) is 74.3 Å². The number of amides is 2. The number of nitrogens with one attached hydrogen (secondary N) is 2. The minimum absolute atomic E-state index is 0.276. The highest BCUT2D eigenvalue weighted by molar-refractivity contribution is 7.18. The molecule has 4 aromatic rings. The molecule has 31 heavy (non-hydrogen) atoms. The molecule has 6 nitrogen and oxygen atoms in total. The molecule has 2 amide bonds. The molecule has 1 aromatic carbocycles. The third-order valence-corrected chi connectivity index (χ3v) is 6.76. The van der Waals surface area contributed by atoms with E-state index in [1.807, 2.05) is 32.2 Å². The number of anilines is 2. The van der Waals surface area contributed by atoms with Gasteiger partial charge < -0.3 is 9.73 Å². The first-order valence-corrected chi connectivity index (χ1v) is 11.4. The fraction of sp³-hybridized carbons (Fsp3) is 0.136. The van der Waals surface area contributed by atoms with Crippen molar-refractivity contribution >= 4 is 56.2 Å². The van der Waals surface area contributed by atoms with Gasteiger partial charge in [0.2, 0.25) is 0 Å². The van der Waals surface area contributed by atoms with Gasteiger partial charge in [-0.05, 0) is 50.6 Å². The van der Waals surface area contributed by atoms with E-state index in [9.17, 15) is 9.59 Å². The molecule has 0 aliphatic carbocycles. The fourth-order valence-electron chi connectivity index (χ4n) is 3.09. The molecule has 0 spiro atoms. The Hall–Kier alpha value is -2.94. The Morgan fingerprint density at radius 1 is 1.06 bits per heavy atom. The van der Waals surface area contributed by atoms with Crippen LogP contribution in [-0.4, -0.2) is 16.8 Å². The number of aryl methyl sites for hydroxylation is 3. The van der Waals surface area contributed by atoms with Gasteiger partial charge in [-0.3, -0.25) is 14.9 Å². The molecule has 3 heterocycles. The third kappa shape index (κ3) is 4.56. The molecule has 0 fully saturated rings. The lowest BCUT2D eigenvalue weighted by Gasteiger charge is -2.04. The molecule has 2 N–H and O–H groups in total. The largest absolute Gasteiger partial charge is 0.466 e. The molecule has 0 radical (unpaired) electrons. The number of thiazole rings is 1. The highest BCUT2D eigenvalue weighted by atomic mass is 35.5. The van der Waals surface area contributed by atoms with E-state index in [4.69, 9.17) is 16.0 Å². The van der Waals surface area contributed by atoms with Crippen LogP contribution in [0.15, 0.2) is 46.2 Å². The summed E-state index contributed by atoms with van der Waals surface area (Å²) < 4.78 is 5.55. The van der Waals surface area contributed by atoms with Crippen LogP contribution in [0.25, 0.3) is 11.3 Å². The van der Waals surface area contributed by atoms with Crippen LogP contribution < -0.4 is 10.6 Å². The number of thiophene rings is 1. The predicted molar refractivity (Wildman–Crippen MR) is 126 cm³/mol. The van der Waals surface area contributed by atoms with Crippen molar-refractivity contribution in [3.63, 3.8) is 0 Å². The zero-order valence-corrected chi connectivity index (χ0v) is 19.3. The number of nitrogens with zero attached hydrogens (tertiary/aromatic N) is 1. The zero-order valence-electron chi connectivity index (χ0n) is 16.9. The highest BCUT2D eigenvalue weighted by Gasteiger charge is 2.18. The van der Waals surface area contributed by atoms with Crippen molar-refractivity contribution in [2.24, 2.45) is 0 Å². The van der Waals surface area contributed by atoms with E-state index in [-0.39, 0.29) is 11.8 Å². The molecular weight excluding hydrogens is 454 g/mol. The Morgan fingerprint density at radius 3 is 2.55 bits per heavy atom. The smallest absolute Gasteiger partial charge is 0.267 e. The van der Waals surface area contributed by atoms with Gasteiger partial charge in [0.25, 0.3) is 11.8 Å². The second kappa shape index (κ2) is 8.66. The molecule has 0 saturated heterocycles. The molecule has 0 bridgehead atoms. The van der Waals surface area contributed by atoms with Crippen LogP contribution in [-0.2, 0) is 0 Å². The van der Waals surface area contributed by atoms with Gasteiger partial charge in [0.05, 0.1) is 26.2 Å². The maximum Gasteiger partial charge on any atom is 0.267 e. The summed E-state index contributed by atoms with van der Waals surface area (Å²) in [6.45, 7) is 5.59. The summed E-state index contributed by atoms with van der Waals surface area (Å²) in [5, 5.41) is 8.95. The van der Waals surface area contributed by atoms with E-state index in [1.54, 1.807) is 30.3 Å². The summed E-state index contributed by atoms with van der Waals surface area (Å²) in [5.74, 6) is 0.997. The monoisotopic (exact) mass is 471 g/mol. The number of carbonyl (C=O) groups is 2. The van der Waals surface area contributed by atoms with Crippen LogP contribution in [0.1, 0.15) is 37.1 Å². The van der Waals surface area contributed by atoms with Gasteiger partial charge in [0.15, 0.2) is 5.13 Å². The van der Waals surface area contributed by atoms with Crippen molar-refractivity contribution in [1.82, 2.24) is 4.98 Å². The molecular formula is C22H18ClN3O3S2. The number of halogens is 1. The number of carbonyl (C=O) groups excluding carboxylic acids is 2. The van der Waals surface area contributed by atoms with Gasteiger partial charge in [0, 0.05) is 10.9 Å². The average molecular weight is 472 g/mol. The van der Waals surface area contributed by atoms with Crippen LogP contribution in [0, 0.1) is 20.8 Å². The van der Waals surface area contributed by atoms with Gasteiger partial charge in [-0.1, -0.05) is 23.7 Å². The van der Waals surface area contributed by atoms with Crippen molar-refractivity contribution in [1.29, 1.82) is 0 Å². The Morgan fingerprint density at radius 2 is 1.84 bits per heavy atom. The van der Waals surface area contributed by atoms with Gasteiger partial charge in [0.1, 0.15) is 11.5 Å². The standard InChI is InChI=1S/C22H18ClN3O3S2/c1-11-8-18(25-20(27)14-6-4-5-7-16(14)23)31-19(11)21(28)26-22-24-17(10-30-22)15-9-12(2)29-13(15)3/h4-10H,1-3H3,(H,25,27)(H,24,26,28). The zero-order chi connectivity index (χ0) is 22.1. The summed E-state index contributed by atoms with van der Waals surface area (Å²) in [6, 6.07) is 10.5. The number of rotatable bonds is 5. The van der Waals surface area contributed by atoms with Gasteiger partial charge >= 0.3 is 0 Å². The lowest BCUT2D eigenvalue weighted by Crippen LogP contribution is -2.11. The first-order chi connectivity index (χ1) is 14.8. The Bertz CT molecular complexity index is 1290. The highest BCUT2D eigenvalue weighted by Crippen LogP contribution is 2.32. The van der Waals surface area contributed by atoms with E-state index in [0.717, 1.165) is 28.3 Å². The van der Waals surface area contributed by atoms with Crippen LogP contribution in [0.3, 0.4) is 0 Å². The van der Waals surface area contributed by atoms with Crippen LogP contribution in [0.2, 0.25) is 5.02 Å². The first-order valence-electron chi connectivity index (χ1n) is 9.32. The predicted octanol–water partition coefficient (Wildman–Crippen LogP) is 6.55. The average Bonchev–Trinajstić information content (AvgIpc) is 3.40. The van der Waals surface area contributed by atoms with Gasteiger partial charge in [-0.25, -0.2) is 4.98 Å². The fourth-order valence-corrected chi connectivity index (χ4v) is 4.98. The van der Waals surface area contributed by atoms with Gasteiger partial charge in [-0.15, -0.1) is 22.7 Å². The SMILES string of the molecule is Cc1cc(-c2csc(NC(=O)c3sc(NC(=O)c4ccccc4Cl)cc3C)n2)c(C)o1. The second-order valence-electron chi connectivity index (χ2n) is 6.88. The number of aromatic nitrogens is 1. The molecule has 9 heteroatoms. The number of hydrogen-bond donors (Lipinski definition) is 2. The lowest BCUT2D eigenvalue weighted by atomic mass is 10.2. The minimum Gasteiger partial charge on any atom is -0.466 e. The normalized spacial score (nSPS) is 10.8. The molecule has 3 aromatic heterocycles. The minimum atomic E-state index is -0.325. The van der Waals surface area contributed by atoms with Gasteiger partial charge in [-0.2, -0.15) is 0 Å². The molecule has 4 rings (SSSR count). The number of hydrogen-bond acceptors (Lipinski definition) is 6. The molecule has 158 valence electrons. The van der Waals surface area contributed by atoms with E-state index >= 15 is 0 Å². The van der Waals surface area contributed by atoms with Crippen LogP contribution >= 0.6 is 34.3 Å². The van der Waals surface area contributed by atoms with Crippen LogP contribution in [0.4, 0.5) is 10.1 Å². The molecule has 0 atom stereocenters. The second-order valence-corrected chi connectivity index (χ2v) is 9.19. The van der Waals surface area contributed by atoms with Crippen molar-refractivity contribution in [2.45, 2.75) is 20.8 Å². The Kier molecular flexibility index (Phi) is 5.95. The quantitative estimate of drug-likeness (QED) is 0.345. The summed E-state index contributed by atoms with van der Waals surface area (Å²) in [5.41, 5.74) is 2.80. The topological polar surface area (TPSA) is 84.2 Å². The van der Waals surface area contributed by atoms with E-state index in [1.165, 1.54) is 22.7 Å². The Balaban J connectivity index is 1.48. The molecule has 0 aliphatic rings. The van der Waals surface area contributed by atoms with Crippen molar-refractivity contribution in [3.8, 4) is 11.3 Å². The number of furan rings is 1. The van der Waals surface area contributed by atoms with Crippen molar-refractivity contribution < 1.29 is 14.0 Å². The summed E-state index contributed by atoms with van der Waals surface area (Å²) >= 11 is 8.63. The first kappa shape index (κ1) is 21.3. The molecule has 0 unspecified atom stereocenters. The van der Waals surface area contributed by atoms with Crippen molar-refractivity contribution in [2.75, 3.05) is 10.6 Å². The maximum atomic E-state index is 12.8. The maximum absolute atomic E-state index is 12.8. The third-order valence-electron chi connectivity index (χ3n) is 4.52. The summed E-state index contributed by atoms with van der Waals surface area (Å²) in [7, 11) is 0. The number of benzene rings is 1. The molecule has 0 aliphatic heterocycles. The summed E-state index contributed by atoms with van der Waals surface area (Å²) in [6.07, 6.45) is 0. The van der Waals surface area contributed by atoms with Crippen LogP contribution in [0.5, 0.6) is 0 Å². The molecule has 0 saturated carbocycles. The Labute approximate surface area is 191 Å². The summed E-state index contributed by atoms with van der Waals surface area (Å²) in [4.78, 5) is 30.3. The van der Waals surface area contributed by atoms with E-state index < -0.39 is 0 Å². The van der Waals surface area contributed by atoms with E-state index in [2.05, 4.69) is 15.6 Å².